The molecular formula is C19H18ClFN4S. The quantitative estimate of drug-likeness (QED) is 0.666. The van der Waals surface area contributed by atoms with Crippen molar-refractivity contribution >= 4 is 28.8 Å². The van der Waals surface area contributed by atoms with Gasteiger partial charge in [-0.1, -0.05) is 11.6 Å². The molecule has 1 saturated heterocycles. The number of benzene rings is 1. The Hall–Kier alpha value is -2.02. The highest BCUT2D eigenvalue weighted by atomic mass is 35.5. The molecule has 0 amide bonds. The molecule has 0 unspecified atom stereocenters. The fraction of sp³-hybridized carbons (Fsp3) is 0.263. The Morgan fingerprint density at radius 3 is 2.50 bits per heavy atom. The summed E-state index contributed by atoms with van der Waals surface area (Å²) in [5.41, 5.74) is 2.02. The molecule has 3 aromatic rings. The van der Waals surface area contributed by atoms with Crippen LogP contribution in [0.2, 0.25) is 5.02 Å². The topological polar surface area (TPSA) is 32.3 Å². The summed E-state index contributed by atoms with van der Waals surface area (Å²) < 4.78 is 13.1. The molecule has 0 bridgehead atoms. The third kappa shape index (κ3) is 4.03. The molecule has 4 rings (SSSR count). The van der Waals surface area contributed by atoms with Gasteiger partial charge in [0.1, 0.15) is 16.6 Å². The van der Waals surface area contributed by atoms with E-state index in [-0.39, 0.29) is 5.82 Å². The van der Waals surface area contributed by atoms with E-state index in [9.17, 15) is 4.39 Å². The molecule has 0 saturated carbocycles. The van der Waals surface area contributed by atoms with Gasteiger partial charge in [-0.15, -0.1) is 11.3 Å². The van der Waals surface area contributed by atoms with Crippen molar-refractivity contribution in [2.24, 2.45) is 0 Å². The van der Waals surface area contributed by atoms with Crippen LogP contribution < -0.4 is 4.90 Å². The number of rotatable bonds is 4. The summed E-state index contributed by atoms with van der Waals surface area (Å²) in [6, 6.07) is 10.3. The molecule has 0 N–H and O–H groups in total. The Morgan fingerprint density at radius 1 is 1.04 bits per heavy atom. The van der Waals surface area contributed by atoms with Crippen LogP contribution >= 0.6 is 22.9 Å². The number of piperazine rings is 1. The summed E-state index contributed by atoms with van der Waals surface area (Å²) >= 11 is 7.51. The summed E-state index contributed by atoms with van der Waals surface area (Å²) in [5, 5.41) is 3.68. The summed E-state index contributed by atoms with van der Waals surface area (Å²) in [5.74, 6) is 0.750. The zero-order valence-corrected chi connectivity index (χ0v) is 15.7. The Kier molecular flexibility index (Phi) is 5.15. The number of aromatic nitrogens is 2. The van der Waals surface area contributed by atoms with E-state index < -0.39 is 0 Å². The van der Waals surface area contributed by atoms with E-state index >= 15 is 0 Å². The van der Waals surface area contributed by atoms with Crippen LogP contribution in [-0.2, 0) is 6.54 Å². The molecule has 0 spiro atoms. The van der Waals surface area contributed by atoms with Crippen LogP contribution in [0, 0.1) is 5.82 Å². The molecule has 1 aliphatic heterocycles. The molecule has 1 fully saturated rings. The lowest BCUT2D eigenvalue weighted by Gasteiger charge is -2.35. The zero-order chi connectivity index (χ0) is 17.9. The van der Waals surface area contributed by atoms with Gasteiger partial charge in [-0.25, -0.2) is 14.4 Å². The van der Waals surface area contributed by atoms with Crippen molar-refractivity contribution in [1.29, 1.82) is 0 Å². The highest BCUT2D eigenvalue weighted by molar-refractivity contribution is 7.13. The van der Waals surface area contributed by atoms with Crippen molar-refractivity contribution in [1.82, 2.24) is 14.9 Å². The molecule has 2 aromatic heterocycles. The average Bonchev–Trinajstić information content (AvgIpc) is 3.12. The Bertz CT molecular complexity index is 858. The van der Waals surface area contributed by atoms with Crippen molar-refractivity contribution in [3.05, 3.63) is 64.5 Å². The number of thiazole rings is 1. The predicted molar refractivity (Wildman–Crippen MR) is 104 cm³/mol. The maximum atomic E-state index is 13.1. The second-order valence-corrected chi connectivity index (χ2v) is 7.54. The number of anilines is 1. The molecule has 0 aliphatic carbocycles. The predicted octanol–water partition coefficient (Wildman–Crippen LogP) is 4.32. The minimum absolute atomic E-state index is 0.224. The van der Waals surface area contributed by atoms with Crippen LogP contribution in [0.25, 0.3) is 10.6 Å². The fourth-order valence-electron chi connectivity index (χ4n) is 3.02. The van der Waals surface area contributed by atoms with Gasteiger partial charge in [0.05, 0.1) is 10.7 Å². The van der Waals surface area contributed by atoms with Crippen molar-refractivity contribution in [2.75, 3.05) is 31.1 Å². The SMILES string of the molecule is Fc1ccc(-c2nc(CN3CCN(c4ccc(Cl)cn4)CC3)cs2)cc1. The molecule has 134 valence electrons. The number of hydrogen-bond acceptors (Lipinski definition) is 5. The van der Waals surface area contributed by atoms with E-state index in [1.165, 1.54) is 12.1 Å². The van der Waals surface area contributed by atoms with Crippen molar-refractivity contribution < 1.29 is 4.39 Å². The standard InChI is InChI=1S/C19H18ClFN4S/c20-15-3-6-18(22-11-15)25-9-7-24(8-10-25)12-17-13-26-19(23-17)14-1-4-16(21)5-2-14/h1-6,11,13H,7-10,12H2. The molecule has 1 aromatic carbocycles. The minimum Gasteiger partial charge on any atom is -0.354 e. The summed E-state index contributed by atoms with van der Waals surface area (Å²) in [6.45, 7) is 4.63. The number of hydrogen-bond donors (Lipinski definition) is 0. The van der Waals surface area contributed by atoms with Gasteiger partial charge in [-0.3, -0.25) is 4.90 Å². The first-order valence-corrected chi connectivity index (χ1v) is 9.72. The smallest absolute Gasteiger partial charge is 0.128 e. The van der Waals surface area contributed by atoms with E-state index in [2.05, 4.69) is 20.2 Å². The van der Waals surface area contributed by atoms with Crippen LogP contribution in [0.5, 0.6) is 0 Å². The zero-order valence-electron chi connectivity index (χ0n) is 14.1. The van der Waals surface area contributed by atoms with Crippen molar-refractivity contribution in [3.63, 3.8) is 0 Å². The monoisotopic (exact) mass is 388 g/mol. The third-order valence-corrected chi connectivity index (χ3v) is 5.60. The van der Waals surface area contributed by atoms with E-state index in [4.69, 9.17) is 16.6 Å². The fourth-order valence-corrected chi connectivity index (χ4v) is 3.95. The maximum absolute atomic E-state index is 13.1. The third-order valence-electron chi connectivity index (χ3n) is 4.44. The van der Waals surface area contributed by atoms with Gasteiger partial charge in [0.2, 0.25) is 0 Å². The Labute approximate surface area is 160 Å². The Morgan fingerprint density at radius 2 is 1.81 bits per heavy atom. The van der Waals surface area contributed by atoms with Crippen molar-refractivity contribution in [2.45, 2.75) is 6.54 Å². The lowest BCUT2D eigenvalue weighted by Crippen LogP contribution is -2.46. The number of nitrogens with zero attached hydrogens (tertiary/aromatic N) is 4. The van der Waals surface area contributed by atoms with E-state index in [1.54, 1.807) is 29.7 Å². The van der Waals surface area contributed by atoms with Crippen LogP contribution in [0.1, 0.15) is 5.69 Å². The van der Waals surface area contributed by atoms with Crippen LogP contribution in [0.4, 0.5) is 10.2 Å². The van der Waals surface area contributed by atoms with Crippen LogP contribution in [0.3, 0.4) is 0 Å². The molecule has 3 heterocycles. The second-order valence-electron chi connectivity index (χ2n) is 6.25. The van der Waals surface area contributed by atoms with Gasteiger partial charge < -0.3 is 4.90 Å². The van der Waals surface area contributed by atoms with Crippen molar-refractivity contribution in [3.8, 4) is 10.6 Å². The summed E-state index contributed by atoms with van der Waals surface area (Å²) in [6.07, 6.45) is 1.69. The van der Waals surface area contributed by atoms with E-state index in [0.717, 1.165) is 54.8 Å². The molecular weight excluding hydrogens is 371 g/mol. The first-order valence-electron chi connectivity index (χ1n) is 8.46. The summed E-state index contributed by atoms with van der Waals surface area (Å²) in [7, 11) is 0. The van der Waals surface area contributed by atoms with Gasteiger partial charge in [-0.2, -0.15) is 0 Å². The first kappa shape index (κ1) is 17.4. The minimum atomic E-state index is -0.224. The second kappa shape index (κ2) is 7.70. The van der Waals surface area contributed by atoms with E-state index in [0.29, 0.717) is 5.02 Å². The van der Waals surface area contributed by atoms with Gasteiger partial charge >= 0.3 is 0 Å². The maximum Gasteiger partial charge on any atom is 0.128 e. The number of halogens is 2. The van der Waals surface area contributed by atoms with Crippen LogP contribution in [-0.4, -0.2) is 41.0 Å². The van der Waals surface area contributed by atoms with Crippen LogP contribution in [0.15, 0.2) is 48.0 Å². The summed E-state index contributed by atoms with van der Waals surface area (Å²) in [4.78, 5) is 13.8. The molecule has 1 aliphatic rings. The Balaban J connectivity index is 1.34. The average molecular weight is 389 g/mol. The molecule has 0 radical (unpaired) electrons. The first-order chi connectivity index (χ1) is 12.7. The van der Waals surface area contributed by atoms with Gasteiger partial charge in [-0.05, 0) is 36.4 Å². The van der Waals surface area contributed by atoms with Gasteiger partial charge in [0.25, 0.3) is 0 Å². The molecule has 26 heavy (non-hydrogen) atoms. The lowest BCUT2D eigenvalue weighted by molar-refractivity contribution is 0.247. The lowest BCUT2D eigenvalue weighted by atomic mass is 10.2. The van der Waals surface area contributed by atoms with Gasteiger partial charge in [0.15, 0.2) is 0 Å². The van der Waals surface area contributed by atoms with E-state index in [1.807, 2.05) is 12.1 Å². The highest BCUT2D eigenvalue weighted by Crippen LogP contribution is 2.25. The normalized spacial score (nSPS) is 15.4. The number of pyridine rings is 1. The highest BCUT2D eigenvalue weighted by Gasteiger charge is 2.19. The molecule has 0 atom stereocenters. The molecule has 4 nitrogen and oxygen atoms in total. The largest absolute Gasteiger partial charge is 0.354 e. The van der Waals surface area contributed by atoms with Gasteiger partial charge in [0, 0.05) is 49.9 Å². The molecule has 7 heteroatoms.